The second kappa shape index (κ2) is 5.67. The van der Waals surface area contributed by atoms with E-state index in [1.54, 1.807) is 6.07 Å². The number of aliphatic carboxylic acids is 1. The molecule has 1 saturated heterocycles. The highest BCUT2D eigenvalue weighted by atomic mass is 35.5. The summed E-state index contributed by atoms with van der Waals surface area (Å²) >= 11 is 5.93. The van der Waals surface area contributed by atoms with Crippen molar-refractivity contribution in [3.05, 3.63) is 34.6 Å². The molecule has 1 aromatic rings. The molecule has 0 aromatic heterocycles. The predicted octanol–water partition coefficient (Wildman–Crippen LogP) is 2.57. The van der Waals surface area contributed by atoms with Crippen LogP contribution in [0.4, 0.5) is 4.39 Å². The molecule has 0 amide bonds. The number of likely N-dealkylation sites (tertiary alicyclic amines) is 1. The maximum Gasteiger partial charge on any atom is 0.321 e. The molecule has 1 heterocycles. The topological polar surface area (TPSA) is 40.5 Å². The summed E-state index contributed by atoms with van der Waals surface area (Å²) in [5, 5.41) is 9.56. The van der Waals surface area contributed by atoms with Gasteiger partial charge >= 0.3 is 5.97 Å². The SMILES string of the molecule is O=C(O)C(Cc1c(F)cccc1Cl)N1CCCC1. The number of nitrogens with zero attached hydrogens (tertiary/aromatic N) is 1. The molecule has 1 unspecified atom stereocenters. The van der Waals surface area contributed by atoms with E-state index < -0.39 is 17.8 Å². The lowest BCUT2D eigenvalue weighted by Gasteiger charge is -2.24. The van der Waals surface area contributed by atoms with E-state index in [4.69, 9.17) is 11.6 Å². The van der Waals surface area contributed by atoms with Crippen LogP contribution in [0.3, 0.4) is 0 Å². The minimum Gasteiger partial charge on any atom is -0.480 e. The van der Waals surface area contributed by atoms with Crippen molar-refractivity contribution in [3.63, 3.8) is 0 Å². The molecule has 3 nitrogen and oxygen atoms in total. The molecular formula is C13H15ClFNO2. The molecule has 1 N–H and O–H groups in total. The summed E-state index contributed by atoms with van der Waals surface area (Å²) in [5.41, 5.74) is 0.290. The zero-order valence-corrected chi connectivity index (χ0v) is 10.7. The number of carboxylic acids is 1. The van der Waals surface area contributed by atoms with E-state index in [0.29, 0.717) is 10.6 Å². The van der Waals surface area contributed by atoms with Crippen molar-refractivity contribution in [1.82, 2.24) is 4.90 Å². The highest BCUT2D eigenvalue weighted by Gasteiger charge is 2.29. The zero-order chi connectivity index (χ0) is 13.1. The number of hydrogen-bond donors (Lipinski definition) is 1. The van der Waals surface area contributed by atoms with Gasteiger partial charge in [0, 0.05) is 17.0 Å². The molecule has 2 rings (SSSR count). The molecule has 0 saturated carbocycles. The summed E-state index contributed by atoms with van der Waals surface area (Å²) in [6.07, 6.45) is 2.10. The Kier molecular flexibility index (Phi) is 4.19. The van der Waals surface area contributed by atoms with E-state index in [1.807, 2.05) is 4.90 Å². The first-order chi connectivity index (χ1) is 8.59. The molecule has 0 bridgehead atoms. The van der Waals surface area contributed by atoms with Crippen LogP contribution in [0.1, 0.15) is 18.4 Å². The van der Waals surface area contributed by atoms with Gasteiger partial charge in [-0.3, -0.25) is 9.69 Å². The lowest BCUT2D eigenvalue weighted by molar-refractivity contribution is -0.142. The van der Waals surface area contributed by atoms with Gasteiger partial charge in [0.1, 0.15) is 11.9 Å². The van der Waals surface area contributed by atoms with Crippen LogP contribution >= 0.6 is 11.6 Å². The summed E-state index contributed by atoms with van der Waals surface area (Å²) in [5.74, 6) is -1.36. The zero-order valence-electron chi connectivity index (χ0n) is 9.90. The average Bonchev–Trinajstić information content (AvgIpc) is 2.81. The predicted molar refractivity (Wildman–Crippen MR) is 67.3 cm³/mol. The maximum atomic E-state index is 13.7. The molecule has 0 radical (unpaired) electrons. The molecule has 1 aliphatic rings. The van der Waals surface area contributed by atoms with Gasteiger partial charge in [-0.2, -0.15) is 0 Å². The van der Waals surface area contributed by atoms with Gasteiger partial charge in [0.2, 0.25) is 0 Å². The summed E-state index contributed by atoms with van der Waals surface area (Å²) in [7, 11) is 0. The standard InChI is InChI=1S/C13H15ClFNO2/c14-10-4-3-5-11(15)9(10)8-12(13(17)18)16-6-1-2-7-16/h3-5,12H,1-2,6-8H2,(H,17,18). The fourth-order valence-electron chi connectivity index (χ4n) is 2.35. The van der Waals surface area contributed by atoms with E-state index in [-0.39, 0.29) is 6.42 Å². The van der Waals surface area contributed by atoms with Crippen molar-refractivity contribution in [1.29, 1.82) is 0 Å². The largest absolute Gasteiger partial charge is 0.480 e. The van der Waals surface area contributed by atoms with Gasteiger partial charge in [-0.25, -0.2) is 4.39 Å². The van der Waals surface area contributed by atoms with Crippen LogP contribution in [0.5, 0.6) is 0 Å². The Hall–Kier alpha value is -1.13. The van der Waals surface area contributed by atoms with Crippen LogP contribution in [-0.4, -0.2) is 35.1 Å². The second-order valence-electron chi connectivity index (χ2n) is 4.50. The van der Waals surface area contributed by atoms with Gasteiger partial charge < -0.3 is 5.11 Å². The third-order valence-electron chi connectivity index (χ3n) is 3.33. The van der Waals surface area contributed by atoms with Gasteiger partial charge in [-0.1, -0.05) is 17.7 Å². The molecule has 98 valence electrons. The van der Waals surface area contributed by atoms with E-state index in [1.165, 1.54) is 12.1 Å². The van der Waals surface area contributed by atoms with Crippen LogP contribution in [0, 0.1) is 5.82 Å². The van der Waals surface area contributed by atoms with E-state index >= 15 is 0 Å². The Balaban J connectivity index is 2.20. The van der Waals surface area contributed by atoms with Crippen molar-refractivity contribution in [2.45, 2.75) is 25.3 Å². The third kappa shape index (κ3) is 2.82. The van der Waals surface area contributed by atoms with Crippen molar-refractivity contribution in [2.24, 2.45) is 0 Å². The molecule has 5 heteroatoms. The van der Waals surface area contributed by atoms with Crippen LogP contribution in [0.25, 0.3) is 0 Å². The molecule has 0 aliphatic carbocycles. The lowest BCUT2D eigenvalue weighted by atomic mass is 10.0. The van der Waals surface area contributed by atoms with Gasteiger partial charge in [-0.15, -0.1) is 0 Å². The van der Waals surface area contributed by atoms with Crippen molar-refractivity contribution in [2.75, 3.05) is 13.1 Å². The highest BCUT2D eigenvalue weighted by Crippen LogP contribution is 2.23. The summed E-state index contributed by atoms with van der Waals surface area (Å²) in [4.78, 5) is 13.2. The van der Waals surface area contributed by atoms with E-state index in [2.05, 4.69) is 0 Å². The van der Waals surface area contributed by atoms with Crippen LogP contribution in [-0.2, 0) is 11.2 Å². The lowest BCUT2D eigenvalue weighted by Crippen LogP contribution is -2.41. The quantitative estimate of drug-likeness (QED) is 0.915. The van der Waals surface area contributed by atoms with Gasteiger partial charge in [0.05, 0.1) is 0 Å². The molecule has 1 atom stereocenters. The smallest absolute Gasteiger partial charge is 0.321 e. The monoisotopic (exact) mass is 271 g/mol. The molecule has 0 spiro atoms. The molecule has 18 heavy (non-hydrogen) atoms. The van der Waals surface area contributed by atoms with Gasteiger partial charge in [0.25, 0.3) is 0 Å². The Labute approximate surface area is 110 Å². The van der Waals surface area contributed by atoms with Crippen LogP contribution in [0.2, 0.25) is 5.02 Å². The Morgan fingerprint density at radius 2 is 2.11 bits per heavy atom. The van der Waals surface area contributed by atoms with Crippen LogP contribution < -0.4 is 0 Å². The molecular weight excluding hydrogens is 257 g/mol. The highest BCUT2D eigenvalue weighted by molar-refractivity contribution is 6.31. The third-order valence-corrected chi connectivity index (χ3v) is 3.68. The minimum atomic E-state index is -0.920. The molecule has 1 fully saturated rings. The van der Waals surface area contributed by atoms with Crippen molar-refractivity contribution >= 4 is 17.6 Å². The van der Waals surface area contributed by atoms with Crippen molar-refractivity contribution in [3.8, 4) is 0 Å². The number of carboxylic acid groups (broad SMARTS) is 1. The fraction of sp³-hybridized carbons (Fsp3) is 0.462. The number of hydrogen-bond acceptors (Lipinski definition) is 2. The Bertz CT molecular complexity index is 426. The normalized spacial score (nSPS) is 17.9. The summed E-state index contributed by atoms with van der Waals surface area (Å²) in [6.45, 7) is 1.51. The summed E-state index contributed by atoms with van der Waals surface area (Å²) < 4.78 is 13.7. The number of benzene rings is 1. The van der Waals surface area contributed by atoms with Gasteiger partial charge in [-0.05, 0) is 38.1 Å². The average molecular weight is 272 g/mol. The fourth-order valence-corrected chi connectivity index (χ4v) is 2.59. The second-order valence-corrected chi connectivity index (χ2v) is 4.91. The maximum absolute atomic E-state index is 13.7. The number of rotatable bonds is 4. The first kappa shape index (κ1) is 13.3. The van der Waals surface area contributed by atoms with E-state index in [9.17, 15) is 14.3 Å². The van der Waals surface area contributed by atoms with E-state index in [0.717, 1.165) is 25.9 Å². The van der Waals surface area contributed by atoms with Gasteiger partial charge in [0.15, 0.2) is 0 Å². The Morgan fingerprint density at radius 1 is 1.44 bits per heavy atom. The number of carbonyl (C=O) groups is 1. The van der Waals surface area contributed by atoms with Crippen molar-refractivity contribution < 1.29 is 14.3 Å². The Morgan fingerprint density at radius 3 is 2.67 bits per heavy atom. The minimum absolute atomic E-state index is 0.112. The first-order valence-corrected chi connectivity index (χ1v) is 6.37. The number of halogens is 2. The first-order valence-electron chi connectivity index (χ1n) is 5.99. The molecule has 1 aliphatic heterocycles. The molecule has 1 aromatic carbocycles. The van der Waals surface area contributed by atoms with Crippen LogP contribution in [0.15, 0.2) is 18.2 Å². The summed E-state index contributed by atoms with van der Waals surface area (Å²) in [6, 6.07) is 3.72.